The molecule has 138 valence electrons. The summed E-state index contributed by atoms with van der Waals surface area (Å²) in [6.07, 6.45) is 0. The minimum absolute atomic E-state index is 0.582. The monoisotopic (exact) mass is 368 g/mol. The Hall–Kier alpha value is -3.92. The van der Waals surface area contributed by atoms with Gasteiger partial charge >= 0.3 is 0 Å². The van der Waals surface area contributed by atoms with E-state index in [1.165, 1.54) is 0 Å². The van der Waals surface area contributed by atoms with E-state index in [1.54, 1.807) is 0 Å². The zero-order chi connectivity index (χ0) is 19.3. The molecule has 4 heteroatoms. The van der Waals surface area contributed by atoms with Gasteiger partial charge in [0.2, 0.25) is 0 Å². The SMILES string of the molecule is Nc1ccccc1Oc1ccccc1-c1ccccc1Oc1ccccc1N. The highest BCUT2D eigenvalue weighted by molar-refractivity contribution is 5.77. The largest absolute Gasteiger partial charge is 0.455 e. The lowest BCUT2D eigenvalue weighted by Gasteiger charge is -2.16. The van der Waals surface area contributed by atoms with Crippen LogP contribution in [0, 0.1) is 0 Å². The standard InChI is InChI=1S/C24H20N2O2/c25-19-11-3-7-15-23(19)27-21-13-5-1-9-17(21)18-10-2-6-14-22(18)28-24-16-8-4-12-20(24)26/h1-16H,25-26H2. The Kier molecular flexibility index (Phi) is 4.85. The summed E-state index contributed by atoms with van der Waals surface area (Å²) in [5.74, 6) is 2.61. The van der Waals surface area contributed by atoms with E-state index in [0.29, 0.717) is 34.4 Å². The number of para-hydroxylation sites is 6. The summed E-state index contributed by atoms with van der Waals surface area (Å²) >= 11 is 0. The summed E-state index contributed by atoms with van der Waals surface area (Å²) < 4.78 is 12.2. The van der Waals surface area contributed by atoms with E-state index in [4.69, 9.17) is 20.9 Å². The average Bonchev–Trinajstić information content (AvgIpc) is 2.72. The molecule has 0 aromatic heterocycles. The first-order valence-corrected chi connectivity index (χ1v) is 8.95. The second-order valence-corrected chi connectivity index (χ2v) is 6.27. The van der Waals surface area contributed by atoms with E-state index in [0.717, 1.165) is 11.1 Å². The maximum Gasteiger partial charge on any atom is 0.150 e. The van der Waals surface area contributed by atoms with Gasteiger partial charge in [-0.3, -0.25) is 0 Å². The van der Waals surface area contributed by atoms with Gasteiger partial charge in [0, 0.05) is 11.1 Å². The fourth-order valence-electron chi connectivity index (χ4n) is 2.94. The van der Waals surface area contributed by atoms with Crippen LogP contribution in [-0.4, -0.2) is 0 Å². The highest BCUT2D eigenvalue weighted by atomic mass is 16.5. The molecule has 0 saturated heterocycles. The predicted octanol–water partition coefficient (Wildman–Crippen LogP) is 6.10. The Bertz CT molecular complexity index is 1020. The molecule has 0 radical (unpaired) electrons. The lowest BCUT2D eigenvalue weighted by molar-refractivity contribution is 0.480. The highest BCUT2D eigenvalue weighted by Crippen LogP contribution is 2.41. The first kappa shape index (κ1) is 17.5. The summed E-state index contributed by atoms with van der Waals surface area (Å²) in [5, 5.41) is 0. The average molecular weight is 368 g/mol. The van der Waals surface area contributed by atoms with Crippen LogP contribution in [0.4, 0.5) is 11.4 Å². The van der Waals surface area contributed by atoms with Crippen molar-refractivity contribution in [1.29, 1.82) is 0 Å². The van der Waals surface area contributed by atoms with Gasteiger partial charge in [0.05, 0.1) is 11.4 Å². The van der Waals surface area contributed by atoms with Crippen LogP contribution in [0.3, 0.4) is 0 Å². The number of benzene rings is 4. The quantitative estimate of drug-likeness (QED) is 0.417. The van der Waals surface area contributed by atoms with Crippen LogP contribution in [-0.2, 0) is 0 Å². The molecule has 4 N–H and O–H groups in total. The molecule has 0 aliphatic heterocycles. The number of rotatable bonds is 5. The smallest absolute Gasteiger partial charge is 0.150 e. The van der Waals surface area contributed by atoms with Crippen molar-refractivity contribution in [1.82, 2.24) is 0 Å². The zero-order valence-electron chi connectivity index (χ0n) is 15.2. The Morgan fingerprint density at radius 2 is 0.714 bits per heavy atom. The summed E-state index contributed by atoms with van der Waals surface area (Å²) in [7, 11) is 0. The minimum Gasteiger partial charge on any atom is -0.455 e. The topological polar surface area (TPSA) is 70.5 Å². The zero-order valence-corrected chi connectivity index (χ0v) is 15.2. The van der Waals surface area contributed by atoms with E-state index in [-0.39, 0.29) is 0 Å². The first-order chi connectivity index (χ1) is 13.7. The third kappa shape index (κ3) is 3.62. The van der Waals surface area contributed by atoms with Crippen molar-refractivity contribution < 1.29 is 9.47 Å². The van der Waals surface area contributed by atoms with Crippen molar-refractivity contribution in [3.8, 4) is 34.1 Å². The Morgan fingerprint density at radius 3 is 1.11 bits per heavy atom. The fraction of sp³-hybridized carbons (Fsp3) is 0. The molecule has 0 spiro atoms. The number of nitrogens with two attached hydrogens (primary N) is 2. The fourth-order valence-corrected chi connectivity index (χ4v) is 2.94. The first-order valence-electron chi connectivity index (χ1n) is 8.95. The van der Waals surface area contributed by atoms with Crippen molar-refractivity contribution in [2.24, 2.45) is 0 Å². The molecule has 4 rings (SSSR count). The molecule has 4 aromatic rings. The van der Waals surface area contributed by atoms with Crippen molar-refractivity contribution in [3.05, 3.63) is 97.1 Å². The van der Waals surface area contributed by atoms with Gasteiger partial charge in [0.1, 0.15) is 23.0 Å². The minimum atomic E-state index is 0.582. The maximum atomic E-state index is 6.12. The molecule has 0 unspecified atom stereocenters. The van der Waals surface area contributed by atoms with E-state index < -0.39 is 0 Å². The molecule has 4 aromatic carbocycles. The number of hydrogen-bond donors (Lipinski definition) is 2. The number of hydrogen-bond acceptors (Lipinski definition) is 4. The molecule has 0 aliphatic carbocycles. The molecule has 0 aliphatic rings. The van der Waals surface area contributed by atoms with Crippen LogP contribution in [0.5, 0.6) is 23.0 Å². The molecule has 0 saturated carbocycles. The van der Waals surface area contributed by atoms with Crippen LogP contribution in [0.2, 0.25) is 0 Å². The summed E-state index contributed by atoms with van der Waals surface area (Å²) in [4.78, 5) is 0. The van der Waals surface area contributed by atoms with Crippen molar-refractivity contribution in [2.45, 2.75) is 0 Å². The van der Waals surface area contributed by atoms with Gasteiger partial charge in [-0.2, -0.15) is 0 Å². The summed E-state index contributed by atoms with van der Waals surface area (Å²) in [6, 6.07) is 30.4. The van der Waals surface area contributed by atoms with Crippen LogP contribution in [0.25, 0.3) is 11.1 Å². The van der Waals surface area contributed by atoms with Gasteiger partial charge in [-0.15, -0.1) is 0 Å². The van der Waals surface area contributed by atoms with Gasteiger partial charge < -0.3 is 20.9 Å². The van der Waals surface area contributed by atoms with Gasteiger partial charge in [-0.05, 0) is 36.4 Å². The van der Waals surface area contributed by atoms with Gasteiger partial charge in [0.25, 0.3) is 0 Å². The molecule has 0 heterocycles. The molecular weight excluding hydrogens is 348 g/mol. The third-order valence-corrected chi connectivity index (χ3v) is 4.34. The highest BCUT2D eigenvalue weighted by Gasteiger charge is 2.14. The predicted molar refractivity (Wildman–Crippen MR) is 114 cm³/mol. The molecular formula is C24H20N2O2. The van der Waals surface area contributed by atoms with Crippen LogP contribution >= 0.6 is 0 Å². The van der Waals surface area contributed by atoms with Crippen LogP contribution in [0.15, 0.2) is 97.1 Å². The number of nitrogen functional groups attached to an aromatic ring is 2. The van der Waals surface area contributed by atoms with Crippen LogP contribution in [0.1, 0.15) is 0 Å². The van der Waals surface area contributed by atoms with E-state index in [1.807, 2.05) is 97.1 Å². The van der Waals surface area contributed by atoms with E-state index >= 15 is 0 Å². The molecule has 28 heavy (non-hydrogen) atoms. The summed E-state index contributed by atoms with van der Waals surface area (Å²) in [6.45, 7) is 0. The lowest BCUT2D eigenvalue weighted by Crippen LogP contribution is -1.95. The molecule has 4 nitrogen and oxygen atoms in total. The Balaban J connectivity index is 1.75. The normalized spacial score (nSPS) is 10.4. The second kappa shape index (κ2) is 7.76. The van der Waals surface area contributed by atoms with Gasteiger partial charge in [0.15, 0.2) is 0 Å². The van der Waals surface area contributed by atoms with Crippen molar-refractivity contribution in [2.75, 3.05) is 11.5 Å². The van der Waals surface area contributed by atoms with Crippen molar-refractivity contribution >= 4 is 11.4 Å². The van der Waals surface area contributed by atoms with E-state index in [2.05, 4.69) is 0 Å². The third-order valence-electron chi connectivity index (χ3n) is 4.34. The molecule has 0 atom stereocenters. The lowest BCUT2D eigenvalue weighted by atomic mass is 10.0. The Morgan fingerprint density at radius 1 is 0.393 bits per heavy atom. The Labute approximate surface area is 164 Å². The van der Waals surface area contributed by atoms with Gasteiger partial charge in [-0.25, -0.2) is 0 Å². The summed E-state index contributed by atoms with van der Waals surface area (Å²) in [5.41, 5.74) is 15.0. The molecule has 0 amide bonds. The molecule has 0 fully saturated rings. The van der Waals surface area contributed by atoms with Gasteiger partial charge in [-0.1, -0.05) is 60.7 Å². The van der Waals surface area contributed by atoms with Crippen LogP contribution < -0.4 is 20.9 Å². The molecule has 0 bridgehead atoms. The number of ether oxygens (including phenoxy) is 2. The maximum absolute atomic E-state index is 6.12. The second-order valence-electron chi connectivity index (χ2n) is 6.27. The van der Waals surface area contributed by atoms with E-state index in [9.17, 15) is 0 Å². The van der Waals surface area contributed by atoms with Crippen molar-refractivity contribution in [3.63, 3.8) is 0 Å². The number of anilines is 2.